The molecule has 0 saturated carbocycles. The summed E-state index contributed by atoms with van der Waals surface area (Å²) < 4.78 is 0. The highest BCUT2D eigenvalue weighted by Crippen LogP contribution is 2.04. The highest BCUT2D eigenvalue weighted by Gasteiger charge is 1.88. The molecular weight excluding hydrogens is 304 g/mol. The average molecular weight is 334 g/mol. The molecule has 4 nitrogen and oxygen atoms in total. The van der Waals surface area contributed by atoms with Crippen LogP contribution in [0.25, 0.3) is 0 Å². The first kappa shape index (κ1) is 22.0. The molecule has 0 aliphatic heterocycles. The number of para-hydroxylation sites is 2. The van der Waals surface area contributed by atoms with Crippen molar-refractivity contribution in [1.82, 2.24) is 0 Å². The smallest absolute Gasteiger partial charge is 0.115 e. The molecule has 0 saturated heterocycles. The summed E-state index contributed by atoms with van der Waals surface area (Å²) in [6.45, 7) is 0.639. The summed E-state index contributed by atoms with van der Waals surface area (Å²) in [6.07, 6.45) is 6.50. The summed E-state index contributed by atoms with van der Waals surface area (Å²) in [5.74, 6) is 0.644. The Bertz CT molecular complexity index is 414. The molecule has 24 heavy (non-hydrogen) atoms. The fraction of sp³-hybridized carbons (Fsp3) is 0.400. The Morgan fingerprint density at radius 3 is 0.958 bits per heavy atom. The topological polar surface area (TPSA) is 80.9 Å². The number of aromatic hydroxyl groups is 2. The molecule has 0 unspecified atom stereocenters. The number of aliphatic hydroxyl groups excluding tert-OH is 2. The zero-order valence-corrected chi connectivity index (χ0v) is 14.2. The van der Waals surface area contributed by atoms with Crippen LogP contribution in [0.5, 0.6) is 11.5 Å². The van der Waals surface area contributed by atoms with Crippen molar-refractivity contribution in [2.24, 2.45) is 0 Å². The average Bonchev–Trinajstić information content (AvgIpc) is 2.61. The zero-order valence-electron chi connectivity index (χ0n) is 14.2. The molecule has 4 N–H and O–H groups in total. The van der Waals surface area contributed by atoms with Gasteiger partial charge in [0.25, 0.3) is 0 Å². The first-order valence-corrected chi connectivity index (χ1v) is 8.40. The van der Waals surface area contributed by atoms with Gasteiger partial charge in [0.05, 0.1) is 0 Å². The number of rotatable bonds is 7. The van der Waals surface area contributed by atoms with Gasteiger partial charge in [-0.1, -0.05) is 62.1 Å². The molecule has 2 aromatic rings. The summed E-state index contributed by atoms with van der Waals surface area (Å²) in [5, 5.41) is 34.1. The lowest BCUT2D eigenvalue weighted by atomic mass is 10.1. The van der Waals surface area contributed by atoms with Gasteiger partial charge in [0, 0.05) is 13.2 Å². The maximum atomic E-state index is 8.63. The lowest BCUT2D eigenvalue weighted by molar-refractivity contribution is 0.275. The number of hydrogen-bond acceptors (Lipinski definition) is 4. The molecule has 2 aromatic carbocycles. The van der Waals surface area contributed by atoms with Crippen LogP contribution in [0.4, 0.5) is 0 Å². The summed E-state index contributed by atoms with van der Waals surface area (Å²) in [5.41, 5.74) is 0. The third kappa shape index (κ3) is 16.3. The van der Waals surface area contributed by atoms with E-state index in [9.17, 15) is 0 Å². The van der Waals surface area contributed by atoms with Crippen LogP contribution in [0.15, 0.2) is 60.7 Å². The maximum absolute atomic E-state index is 8.63. The van der Waals surface area contributed by atoms with Gasteiger partial charge in [-0.3, -0.25) is 0 Å². The molecule has 4 heteroatoms. The SMILES string of the molecule is OCCCCCCCCO.Oc1ccccc1.Oc1ccccc1. The van der Waals surface area contributed by atoms with Crippen molar-refractivity contribution in [3.63, 3.8) is 0 Å². The van der Waals surface area contributed by atoms with E-state index in [2.05, 4.69) is 0 Å². The number of phenolic OH excluding ortho intramolecular Hbond substituents is 2. The van der Waals surface area contributed by atoms with Crippen LogP contribution in [-0.2, 0) is 0 Å². The van der Waals surface area contributed by atoms with Crippen molar-refractivity contribution in [2.75, 3.05) is 13.2 Å². The van der Waals surface area contributed by atoms with Gasteiger partial charge < -0.3 is 20.4 Å². The van der Waals surface area contributed by atoms with E-state index in [0.717, 1.165) is 25.7 Å². The number of hydrogen-bond donors (Lipinski definition) is 4. The van der Waals surface area contributed by atoms with E-state index in [1.165, 1.54) is 12.8 Å². The third-order valence-electron chi connectivity index (χ3n) is 3.08. The van der Waals surface area contributed by atoms with E-state index in [-0.39, 0.29) is 0 Å². The standard InChI is InChI=1S/C8H18O2.2C6H6O/c9-7-5-3-1-2-4-6-8-10;2*7-6-4-2-1-3-5-6/h9-10H,1-8H2;2*1-5,7H. The summed E-state index contributed by atoms with van der Waals surface area (Å²) >= 11 is 0. The fourth-order valence-corrected chi connectivity index (χ4v) is 1.79. The third-order valence-corrected chi connectivity index (χ3v) is 3.08. The molecule has 0 radical (unpaired) electrons. The Morgan fingerprint density at radius 1 is 0.458 bits per heavy atom. The predicted octanol–water partition coefficient (Wildman–Crippen LogP) is 4.10. The Hall–Kier alpha value is -2.04. The molecule has 0 bridgehead atoms. The number of aliphatic hydroxyl groups is 2. The molecule has 2 rings (SSSR count). The highest BCUT2D eigenvalue weighted by molar-refractivity contribution is 5.19. The van der Waals surface area contributed by atoms with E-state index < -0.39 is 0 Å². The number of unbranched alkanes of at least 4 members (excludes halogenated alkanes) is 5. The van der Waals surface area contributed by atoms with E-state index >= 15 is 0 Å². The molecule has 0 heterocycles. The van der Waals surface area contributed by atoms with Crippen LogP contribution in [0.2, 0.25) is 0 Å². The monoisotopic (exact) mass is 334 g/mol. The van der Waals surface area contributed by atoms with E-state index in [1.54, 1.807) is 48.5 Å². The Kier molecular flexibility index (Phi) is 15.8. The van der Waals surface area contributed by atoms with Crippen LogP contribution in [-0.4, -0.2) is 33.6 Å². The van der Waals surface area contributed by atoms with E-state index in [4.69, 9.17) is 20.4 Å². The van der Waals surface area contributed by atoms with Crippen LogP contribution < -0.4 is 0 Å². The molecule has 0 spiro atoms. The van der Waals surface area contributed by atoms with Crippen LogP contribution >= 0.6 is 0 Å². The summed E-state index contributed by atoms with van der Waals surface area (Å²) in [4.78, 5) is 0. The van der Waals surface area contributed by atoms with Crippen molar-refractivity contribution in [2.45, 2.75) is 38.5 Å². The second kappa shape index (κ2) is 17.3. The summed E-state index contributed by atoms with van der Waals surface area (Å²) in [6, 6.07) is 17.4. The molecule has 0 amide bonds. The molecule has 0 aromatic heterocycles. The number of phenols is 2. The van der Waals surface area contributed by atoms with Gasteiger partial charge in [0.15, 0.2) is 0 Å². The van der Waals surface area contributed by atoms with Crippen molar-refractivity contribution in [3.05, 3.63) is 60.7 Å². The van der Waals surface area contributed by atoms with Crippen molar-refractivity contribution >= 4 is 0 Å². The zero-order chi connectivity index (χ0) is 17.9. The van der Waals surface area contributed by atoms with Gasteiger partial charge >= 0.3 is 0 Å². The van der Waals surface area contributed by atoms with Crippen molar-refractivity contribution in [1.29, 1.82) is 0 Å². The quantitative estimate of drug-likeness (QED) is 0.575. The first-order chi connectivity index (χ1) is 11.7. The molecule has 0 aliphatic rings. The Balaban J connectivity index is 0.000000337. The summed E-state index contributed by atoms with van der Waals surface area (Å²) in [7, 11) is 0. The maximum Gasteiger partial charge on any atom is 0.115 e. The van der Waals surface area contributed by atoms with Gasteiger partial charge in [-0.2, -0.15) is 0 Å². The lowest BCUT2D eigenvalue weighted by Gasteiger charge is -1.97. The lowest BCUT2D eigenvalue weighted by Crippen LogP contribution is -1.85. The fourth-order valence-electron chi connectivity index (χ4n) is 1.79. The Morgan fingerprint density at radius 2 is 0.750 bits per heavy atom. The van der Waals surface area contributed by atoms with Crippen molar-refractivity contribution < 1.29 is 20.4 Å². The molecular formula is C20H30O4. The first-order valence-electron chi connectivity index (χ1n) is 8.40. The van der Waals surface area contributed by atoms with Gasteiger partial charge in [0.2, 0.25) is 0 Å². The van der Waals surface area contributed by atoms with Crippen LogP contribution in [0.1, 0.15) is 38.5 Å². The second-order valence-electron chi connectivity index (χ2n) is 5.24. The minimum Gasteiger partial charge on any atom is -0.508 e. The Labute approximate surface area is 145 Å². The molecule has 0 aliphatic carbocycles. The van der Waals surface area contributed by atoms with Gasteiger partial charge in [-0.15, -0.1) is 0 Å². The van der Waals surface area contributed by atoms with Crippen LogP contribution in [0.3, 0.4) is 0 Å². The second-order valence-corrected chi connectivity index (χ2v) is 5.24. The highest BCUT2D eigenvalue weighted by atomic mass is 16.3. The number of benzene rings is 2. The van der Waals surface area contributed by atoms with E-state index in [1.807, 2.05) is 12.1 Å². The molecule has 0 atom stereocenters. The predicted molar refractivity (Wildman–Crippen MR) is 98.1 cm³/mol. The van der Waals surface area contributed by atoms with Gasteiger partial charge in [-0.05, 0) is 37.1 Å². The van der Waals surface area contributed by atoms with Crippen molar-refractivity contribution in [3.8, 4) is 11.5 Å². The minimum atomic E-state index is 0.319. The van der Waals surface area contributed by atoms with Crippen LogP contribution in [0, 0.1) is 0 Å². The largest absolute Gasteiger partial charge is 0.508 e. The molecule has 134 valence electrons. The normalized spacial score (nSPS) is 9.25. The van der Waals surface area contributed by atoms with Gasteiger partial charge in [-0.25, -0.2) is 0 Å². The molecule has 0 fully saturated rings. The van der Waals surface area contributed by atoms with Gasteiger partial charge in [0.1, 0.15) is 11.5 Å². The minimum absolute atomic E-state index is 0.319. The van der Waals surface area contributed by atoms with E-state index in [0.29, 0.717) is 24.7 Å².